The molecule has 0 spiro atoms. The topological polar surface area (TPSA) is 0 Å². The van der Waals surface area contributed by atoms with Crippen molar-refractivity contribution in [2.75, 3.05) is 0 Å². The van der Waals surface area contributed by atoms with E-state index >= 15 is 0 Å². The van der Waals surface area contributed by atoms with Crippen molar-refractivity contribution in [2.45, 2.75) is 78.1 Å². The Morgan fingerprint density at radius 3 is 1.50 bits per heavy atom. The molecule has 2 aromatic rings. The minimum absolute atomic E-state index is 1.19. The van der Waals surface area contributed by atoms with Gasteiger partial charge in [0.2, 0.25) is 0 Å². The zero-order valence-corrected chi connectivity index (χ0v) is 20.8. The largest absolute Gasteiger partial charge is 0.129 e. The third-order valence-corrected chi connectivity index (χ3v) is 7.90. The van der Waals surface area contributed by atoms with Crippen LogP contribution < -0.4 is 0 Å². The van der Waals surface area contributed by atoms with Crippen LogP contribution in [0, 0.1) is 0 Å². The average Bonchev–Trinajstić information content (AvgIpc) is 3.15. The molecule has 0 fully saturated rings. The van der Waals surface area contributed by atoms with Crippen molar-refractivity contribution in [1.29, 1.82) is 0 Å². The van der Waals surface area contributed by atoms with E-state index in [4.69, 9.17) is 0 Å². The fraction of sp³-hybridized carbons (Fsp3) is 0.545. The second-order valence-electron chi connectivity index (χ2n) is 6.83. The summed E-state index contributed by atoms with van der Waals surface area (Å²) in [5.74, 6) is 0. The van der Waals surface area contributed by atoms with Crippen LogP contribution >= 0.6 is 54.5 Å². The number of rotatable bonds is 12. The number of unbranched alkanes of at least 4 members (excludes halogenated alkanes) is 6. The lowest BCUT2D eigenvalue weighted by molar-refractivity contribution is 0.667. The molecule has 0 atom stereocenters. The Kier molecular flexibility index (Phi) is 10.8. The van der Waals surface area contributed by atoms with E-state index in [9.17, 15) is 0 Å². The summed E-state index contributed by atoms with van der Waals surface area (Å²) in [4.78, 5) is 2.82. The summed E-state index contributed by atoms with van der Waals surface area (Å²) in [5.41, 5.74) is 2.99. The Morgan fingerprint density at radius 2 is 1.12 bits per heavy atom. The smallest absolute Gasteiger partial charge is 0.0707 e. The number of halogens is 2. The molecule has 0 bridgehead atoms. The molecular weight excluding hydrogens is 488 g/mol. The lowest BCUT2D eigenvalue weighted by Crippen LogP contribution is -1.86. The van der Waals surface area contributed by atoms with Crippen molar-refractivity contribution in [1.82, 2.24) is 0 Å². The van der Waals surface area contributed by atoms with Crippen LogP contribution in [0.4, 0.5) is 0 Å². The van der Waals surface area contributed by atoms with Crippen LogP contribution in [-0.2, 0) is 12.8 Å². The number of hydrogen-bond donors (Lipinski definition) is 0. The Labute approximate surface area is 184 Å². The third kappa shape index (κ3) is 7.61. The number of thiophene rings is 2. The molecule has 0 radical (unpaired) electrons. The van der Waals surface area contributed by atoms with Gasteiger partial charge in [-0.05, 0) is 93.0 Å². The summed E-state index contributed by atoms with van der Waals surface area (Å²) in [5, 5.41) is 0. The highest BCUT2D eigenvalue weighted by molar-refractivity contribution is 9.11. The van der Waals surface area contributed by atoms with Crippen LogP contribution in [0.1, 0.15) is 86.1 Å². The average molecular weight is 518 g/mol. The Bertz CT molecular complexity index is 624. The van der Waals surface area contributed by atoms with Crippen molar-refractivity contribution in [3.8, 4) is 0 Å². The summed E-state index contributed by atoms with van der Waals surface area (Å²) in [6.45, 7) is 4.54. The van der Waals surface area contributed by atoms with E-state index in [0.29, 0.717) is 0 Å². The summed E-state index contributed by atoms with van der Waals surface area (Å²) < 4.78 is 2.49. The minimum Gasteiger partial charge on any atom is -0.129 e. The van der Waals surface area contributed by atoms with Gasteiger partial charge in [-0.2, -0.15) is 0 Å². The summed E-state index contributed by atoms with van der Waals surface area (Å²) in [7, 11) is 0. The summed E-state index contributed by atoms with van der Waals surface area (Å²) in [6, 6.07) is 4.62. The number of aryl methyl sites for hydroxylation is 2. The van der Waals surface area contributed by atoms with Gasteiger partial charge >= 0.3 is 0 Å². The third-order valence-electron chi connectivity index (χ3n) is 4.61. The molecule has 0 nitrogen and oxygen atoms in total. The number of hydrogen-bond acceptors (Lipinski definition) is 2. The van der Waals surface area contributed by atoms with Gasteiger partial charge in [0.15, 0.2) is 0 Å². The molecule has 0 aliphatic heterocycles. The molecule has 26 heavy (non-hydrogen) atoms. The van der Waals surface area contributed by atoms with E-state index in [0.717, 1.165) is 0 Å². The second kappa shape index (κ2) is 12.5. The van der Waals surface area contributed by atoms with Gasteiger partial charge in [0.1, 0.15) is 0 Å². The van der Waals surface area contributed by atoms with Crippen LogP contribution in [0.3, 0.4) is 0 Å². The van der Waals surface area contributed by atoms with Crippen LogP contribution in [0.5, 0.6) is 0 Å². The molecule has 0 aromatic carbocycles. The monoisotopic (exact) mass is 516 g/mol. The predicted molar refractivity (Wildman–Crippen MR) is 129 cm³/mol. The molecule has 0 unspecified atom stereocenters. The van der Waals surface area contributed by atoms with Gasteiger partial charge in [0, 0.05) is 9.75 Å². The first-order chi connectivity index (χ1) is 12.6. The molecule has 0 amide bonds. The van der Waals surface area contributed by atoms with E-state index in [-0.39, 0.29) is 0 Å². The summed E-state index contributed by atoms with van der Waals surface area (Å²) >= 11 is 11.1. The maximum atomic E-state index is 3.68. The molecule has 0 aliphatic rings. The molecule has 0 saturated heterocycles. The maximum absolute atomic E-state index is 3.68. The molecule has 4 heteroatoms. The molecule has 2 heterocycles. The van der Waals surface area contributed by atoms with Gasteiger partial charge in [-0.15, -0.1) is 22.7 Å². The van der Waals surface area contributed by atoms with Crippen LogP contribution in [0.2, 0.25) is 0 Å². The van der Waals surface area contributed by atoms with E-state index < -0.39 is 0 Å². The normalized spacial score (nSPS) is 11.7. The van der Waals surface area contributed by atoms with Gasteiger partial charge in [0.25, 0.3) is 0 Å². The van der Waals surface area contributed by atoms with E-state index in [2.05, 4.69) is 70.0 Å². The quantitative estimate of drug-likeness (QED) is 0.245. The zero-order chi connectivity index (χ0) is 18.8. The SMILES string of the molecule is CCCCCCc1cc(Br)sc1/C=C/c1sc(Br)cc1CCCCCC. The van der Waals surface area contributed by atoms with Crippen molar-refractivity contribution in [3.05, 3.63) is 40.6 Å². The standard InChI is InChI=1S/C22H30Br2S2/c1-3-5-7-9-11-17-15-21(23)25-19(17)13-14-20-18(16-22(24)26-20)12-10-8-6-4-2/h13-16H,3-12H2,1-2H3/b14-13+. The maximum Gasteiger partial charge on any atom is 0.0707 e. The van der Waals surface area contributed by atoms with Gasteiger partial charge in [-0.3, -0.25) is 0 Å². The molecule has 2 aromatic heterocycles. The fourth-order valence-corrected chi connectivity index (χ4v) is 6.40. The van der Waals surface area contributed by atoms with Crippen molar-refractivity contribution in [3.63, 3.8) is 0 Å². The van der Waals surface area contributed by atoms with Gasteiger partial charge in [-0.25, -0.2) is 0 Å². The van der Waals surface area contributed by atoms with Gasteiger partial charge < -0.3 is 0 Å². The lowest BCUT2D eigenvalue weighted by Gasteiger charge is -2.01. The van der Waals surface area contributed by atoms with E-state index in [1.807, 2.05) is 22.7 Å². The van der Waals surface area contributed by atoms with Crippen LogP contribution in [-0.4, -0.2) is 0 Å². The molecule has 0 saturated carbocycles. The minimum atomic E-state index is 1.19. The molecule has 144 valence electrons. The molecular formula is C22H30Br2S2. The van der Waals surface area contributed by atoms with Crippen LogP contribution in [0.25, 0.3) is 12.2 Å². The van der Waals surface area contributed by atoms with Gasteiger partial charge in [-0.1, -0.05) is 52.4 Å². The van der Waals surface area contributed by atoms with Gasteiger partial charge in [0.05, 0.1) is 7.57 Å². The highest BCUT2D eigenvalue weighted by Gasteiger charge is 2.08. The Morgan fingerprint density at radius 1 is 0.692 bits per heavy atom. The first-order valence-electron chi connectivity index (χ1n) is 9.88. The van der Waals surface area contributed by atoms with Crippen LogP contribution in [0.15, 0.2) is 19.7 Å². The predicted octanol–water partition coefficient (Wildman–Crippen LogP) is 9.75. The highest BCUT2D eigenvalue weighted by Crippen LogP contribution is 2.33. The zero-order valence-electron chi connectivity index (χ0n) is 16.0. The van der Waals surface area contributed by atoms with E-state index in [1.54, 1.807) is 0 Å². The molecule has 0 N–H and O–H groups in total. The molecule has 0 aliphatic carbocycles. The first-order valence-corrected chi connectivity index (χ1v) is 13.1. The highest BCUT2D eigenvalue weighted by atomic mass is 79.9. The van der Waals surface area contributed by atoms with Crippen molar-refractivity contribution in [2.24, 2.45) is 0 Å². The first kappa shape index (κ1) is 22.4. The Hall–Kier alpha value is 0.1000. The molecule has 2 rings (SSSR count). The van der Waals surface area contributed by atoms with Crippen molar-refractivity contribution < 1.29 is 0 Å². The van der Waals surface area contributed by atoms with Crippen molar-refractivity contribution >= 4 is 66.7 Å². The van der Waals surface area contributed by atoms with E-state index in [1.165, 1.54) is 92.7 Å². The lowest BCUT2D eigenvalue weighted by atomic mass is 10.1. The Balaban J connectivity index is 2.02. The summed E-state index contributed by atoms with van der Waals surface area (Å²) in [6.07, 6.45) is 17.6. The second-order valence-corrected chi connectivity index (χ2v) is 11.8. The fourth-order valence-electron chi connectivity index (χ4n) is 3.13.